The van der Waals surface area contributed by atoms with E-state index in [9.17, 15) is 4.79 Å². The number of carbonyl (C=O) groups is 1. The summed E-state index contributed by atoms with van der Waals surface area (Å²) in [6, 6.07) is 5.93. The minimum absolute atomic E-state index is 0.141. The molecule has 3 N–H and O–H groups in total. The third kappa shape index (κ3) is 8.17. The molecule has 0 aliphatic heterocycles. The average molecular weight is 456 g/mol. The van der Waals surface area contributed by atoms with E-state index in [0.717, 1.165) is 29.7 Å². The van der Waals surface area contributed by atoms with E-state index in [4.69, 9.17) is 5.73 Å². The van der Waals surface area contributed by atoms with E-state index in [-0.39, 0.29) is 12.0 Å². The van der Waals surface area contributed by atoms with Crippen LogP contribution in [0.2, 0.25) is 0 Å². The second kappa shape index (κ2) is 14.0. The number of unbranched alkanes of at least 4 members (excludes halogenated alkanes) is 9. The maximum Gasteiger partial charge on any atom is 0.334 e. The van der Waals surface area contributed by atoms with Crippen molar-refractivity contribution < 1.29 is 4.79 Å². The molecule has 0 fully saturated rings. The molecule has 184 valence electrons. The Bertz CT molecular complexity index is 830. The van der Waals surface area contributed by atoms with Gasteiger partial charge in [0.25, 0.3) is 0 Å². The molecule has 0 radical (unpaired) electrons. The molecule has 0 unspecified atom stereocenters. The third-order valence-electron chi connectivity index (χ3n) is 6.32. The fourth-order valence-electron chi connectivity index (χ4n) is 4.34. The van der Waals surface area contributed by atoms with Gasteiger partial charge in [-0.2, -0.15) is 0 Å². The molecule has 1 aromatic carbocycles. The minimum Gasteiger partial charge on any atom is -0.367 e. The van der Waals surface area contributed by atoms with Crippen LogP contribution in [0.15, 0.2) is 18.2 Å². The molecule has 0 aliphatic rings. The summed E-state index contributed by atoms with van der Waals surface area (Å²) >= 11 is 0. The number of aryl methyl sites for hydroxylation is 1. The topological polar surface area (TPSA) is 85.8 Å². The maximum absolute atomic E-state index is 13.2. The van der Waals surface area contributed by atoms with E-state index in [1.165, 1.54) is 55.9 Å². The predicted octanol–water partition coefficient (Wildman–Crippen LogP) is 7.65. The largest absolute Gasteiger partial charge is 0.367 e. The number of nitrogens with one attached hydrogen (secondary N) is 1. The summed E-state index contributed by atoms with van der Waals surface area (Å²) in [5.74, 6) is 1.37. The number of aromatic nitrogens is 3. The van der Waals surface area contributed by atoms with E-state index in [1.807, 2.05) is 0 Å². The highest BCUT2D eigenvalue weighted by Gasteiger charge is 2.20. The molecule has 2 aromatic rings. The van der Waals surface area contributed by atoms with E-state index < -0.39 is 0 Å². The zero-order chi connectivity index (χ0) is 24.2. The second-order valence-electron chi connectivity index (χ2n) is 9.79. The molecule has 6 nitrogen and oxygen atoms in total. The predicted molar refractivity (Wildman–Crippen MR) is 139 cm³/mol. The van der Waals surface area contributed by atoms with Gasteiger partial charge in [0.15, 0.2) is 0 Å². The second-order valence-corrected chi connectivity index (χ2v) is 9.79. The van der Waals surface area contributed by atoms with Crippen LogP contribution in [0.5, 0.6) is 0 Å². The maximum atomic E-state index is 13.2. The number of para-hydroxylation sites is 1. The molecule has 0 saturated carbocycles. The number of amides is 1. The first-order chi connectivity index (χ1) is 15.9. The summed E-state index contributed by atoms with van der Waals surface area (Å²) in [4.78, 5) is 13.2. The minimum atomic E-state index is -0.283. The molecule has 2 rings (SSSR count). The smallest absolute Gasteiger partial charge is 0.334 e. The van der Waals surface area contributed by atoms with Gasteiger partial charge in [0.05, 0.1) is 0 Å². The lowest BCUT2D eigenvalue weighted by Gasteiger charge is -2.20. The first-order valence-corrected chi connectivity index (χ1v) is 13.0. The number of carbonyl (C=O) groups excluding carboxylic acids is 1. The summed E-state index contributed by atoms with van der Waals surface area (Å²) in [6.07, 6.45) is 13.4. The van der Waals surface area contributed by atoms with Crippen LogP contribution in [-0.2, 0) is 6.42 Å². The number of nitrogens with zero attached hydrogens (tertiary/aromatic N) is 3. The molecular formula is C27H45N5O. The molecule has 6 heteroatoms. The van der Waals surface area contributed by atoms with E-state index in [0.29, 0.717) is 24.1 Å². The third-order valence-corrected chi connectivity index (χ3v) is 6.32. The van der Waals surface area contributed by atoms with Crippen LogP contribution >= 0.6 is 0 Å². The quantitative estimate of drug-likeness (QED) is 0.286. The molecule has 33 heavy (non-hydrogen) atoms. The van der Waals surface area contributed by atoms with Crippen molar-refractivity contribution in [1.82, 2.24) is 14.8 Å². The first kappa shape index (κ1) is 26.9. The van der Waals surface area contributed by atoms with Crippen molar-refractivity contribution in [2.24, 2.45) is 0 Å². The zero-order valence-electron chi connectivity index (χ0n) is 21.5. The lowest BCUT2D eigenvalue weighted by molar-refractivity contribution is 0.253. The molecule has 0 aliphatic carbocycles. The first-order valence-electron chi connectivity index (χ1n) is 13.0. The number of hydrogen-bond donors (Lipinski definition) is 2. The van der Waals surface area contributed by atoms with E-state index in [2.05, 4.69) is 68.3 Å². The Kier molecular flexibility index (Phi) is 11.4. The van der Waals surface area contributed by atoms with Gasteiger partial charge in [0.2, 0.25) is 5.95 Å². The molecule has 1 amide bonds. The molecular weight excluding hydrogens is 410 g/mol. The van der Waals surface area contributed by atoms with Crippen molar-refractivity contribution in [3.63, 3.8) is 0 Å². The van der Waals surface area contributed by atoms with Crippen LogP contribution in [0.1, 0.15) is 128 Å². The van der Waals surface area contributed by atoms with Crippen molar-refractivity contribution in [3.05, 3.63) is 35.2 Å². The number of benzene rings is 1. The number of anilines is 2. The summed E-state index contributed by atoms with van der Waals surface area (Å²) in [5.41, 5.74) is 9.17. The Morgan fingerprint density at radius 3 is 1.91 bits per heavy atom. The van der Waals surface area contributed by atoms with Crippen LogP contribution < -0.4 is 11.1 Å². The zero-order valence-corrected chi connectivity index (χ0v) is 21.5. The van der Waals surface area contributed by atoms with Gasteiger partial charge >= 0.3 is 6.03 Å². The van der Waals surface area contributed by atoms with Crippen LogP contribution in [0, 0.1) is 0 Å². The standard InChI is InChI=1S/C27H45N5O/c1-6-7-8-9-10-11-12-13-14-15-19-24-30-31-26(28)32(24)27(33)29-25-22(20(2)3)17-16-18-23(25)21(4)5/h16-18,20-21H,6-15,19H2,1-5H3,(H2,28,31)(H,29,33). The molecule has 0 atom stereocenters. The van der Waals surface area contributed by atoms with Gasteiger partial charge in [-0.3, -0.25) is 0 Å². The Morgan fingerprint density at radius 1 is 0.879 bits per heavy atom. The number of rotatable bonds is 14. The highest BCUT2D eigenvalue weighted by atomic mass is 16.2. The van der Waals surface area contributed by atoms with Crippen LogP contribution in [0.3, 0.4) is 0 Å². The number of nitrogen functional groups attached to an aromatic ring is 1. The normalized spacial score (nSPS) is 11.5. The van der Waals surface area contributed by atoms with Crippen molar-refractivity contribution in [2.75, 3.05) is 11.1 Å². The van der Waals surface area contributed by atoms with Crippen LogP contribution in [0.4, 0.5) is 16.4 Å². The lowest BCUT2D eigenvalue weighted by Crippen LogP contribution is -2.25. The van der Waals surface area contributed by atoms with Crippen LogP contribution in [0.25, 0.3) is 0 Å². The molecule has 0 spiro atoms. The lowest BCUT2D eigenvalue weighted by atomic mass is 9.93. The highest BCUT2D eigenvalue weighted by molar-refractivity contribution is 5.94. The number of hydrogen-bond acceptors (Lipinski definition) is 4. The van der Waals surface area contributed by atoms with Gasteiger partial charge in [0.1, 0.15) is 5.82 Å². The molecule has 0 bridgehead atoms. The summed E-state index contributed by atoms with van der Waals surface area (Å²) < 4.78 is 1.44. The van der Waals surface area contributed by atoms with Gasteiger partial charge in [-0.05, 0) is 29.4 Å². The summed E-state index contributed by atoms with van der Waals surface area (Å²) in [6.45, 7) is 10.8. The van der Waals surface area contributed by atoms with Gasteiger partial charge < -0.3 is 11.1 Å². The van der Waals surface area contributed by atoms with Crippen molar-refractivity contribution >= 4 is 17.7 Å². The summed E-state index contributed by atoms with van der Waals surface area (Å²) in [7, 11) is 0. The van der Waals surface area contributed by atoms with Gasteiger partial charge in [-0.25, -0.2) is 9.36 Å². The molecule has 1 aromatic heterocycles. The van der Waals surface area contributed by atoms with Crippen molar-refractivity contribution in [2.45, 2.75) is 117 Å². The Balaban J connectivity index is 1.94. The van der Waals surface area contributed by atoms with Gasteiger partial charge in [-0.1, -0.05) is 111 Å². The Hall–Kier alpha value is -2.37. The molecule has 1 heterocycles. The Morgan fingerprint density at radius 2 is 1.39 bits per heavy atom. The average Bonchev–Trinajstić information content (AvgIpc) is 3.15. The van der Waals surface area contributed by atoms with Gasteiger partial charge in [-0.15, -0.1) is 10.2 Å². The monoisotopic (exact) mass is 455 g/mol. The van der Waals surface area contributed by atoms with Crippen LogP contribution in [-0.4, -0.2) is 20.8 Å². The molecule has 0 saturated heterocycles. The highest BCUT2D eigenvalue weighted by Crippen LogP contribution is 2.32. The fourth-order valence-corrected chi connectivity index (χ4v) is 4.34. The fraction of sp³-hybridized carbons (Fsp3) is 0.667. The van der Waals surface area contributed by atoms with Gasteiger partial charge in [0, 0.05) is 12.1 Å². The Labute approximate surface area is 200 Å². The van der Waals surface area contributed by atoms with E-state index in [1.54, 1.807) is 0 Å². The SMILES string of the molecule is CCCCCCCCCCCCc1nnc(N)n1C(=O)Nc1c(C(C)C)cccc1C(C)C. The number of nitrogens with two attached hydrogens (primary N) is 1. The summed E-state index contributed by atoms with van der Waals surface area (Å²) in [5, 5.41) is 11.3. The van der Waals surface area contributed by atoms with Crippen molar-refractivity contribution in [3.8, 4) is 0 Å². The van der Waals surface area contributed by atoms with E-state index >= 15 is 0 Å². The van der Waals surface area contributed by atoms with Crippen molar-refractivity contribution in [1.29, 1.82) is 0 Å².